The van der Waals surface area contributed by atoms with Crippen molar-refractivity contribution in [3.8, 4) is 5.75 Å². The number of methoxy groups -OCH3 is 1. The molecular formula is C20H27ClN6O2. The smallest absolute Gasteiger partial charge is 0.330 e. The Kier molecular flexibility index (Phi) is 6.42. The van der Waals surface area contributed by atoms with Gasteiger partial charge in [-0.25, -0.2) is 4.79 Å². The molecule has 3 aromatic heterocycles. The van der Waals surface area contributed by atoms with E-state index in [-0.39, 0.29) is 23.3 Å². The van der Waals surface area contributed by atoms with Crippen LogP contribution < -0.4 is 16.2 Å². The summed E-state index contributed by atoms with van der Waals surface area (Å²) in [5, 5.41) is 0.185. The van der Waals surface area contributed by atoms with Gasteiger partial charge in [-0.3, -0.25) is 14.1 Å². The third-order valence-electron chi connectivity index (χ3n) is 5.12. The summed E-state index contributed by atoms with van der Waals surface area (Å²) in [5.74, 6) is 0.795. The SMILES string of the molecule is CCCCCCn1c(=O)n(Cc2ncc(C)c(OC)c2C)c2nc(N)nc(Cl)c21. The molecule has 0 aromatic carbocycles. The summed E-state index contributed by atoms with van der Waals surface area (Å²) in [4.78, 5) is 26.1. The van der Waals surface area contributed by atoms with Crippen molar-refractivity contribution in [3.63, 3.8) is 0 Å². The molecule has 29 heavy (non-hydrogen) atoms. The van der Waals surface area contributed by atoms with E-state index in [0.717, 1.165) is 48.3 Å². The van der Waals surface area contributed by atoms with Gasteiger partial charge in [-0.15, -0.1) is 0 Å². The number of aryl methyl sites for hydroxylation is 2. The number of hydrogen-bond donors (Lipinski definition) is 1. The second kappa shape index (κ2) is 8.82. The van der Waals surface area contributed by atoms with E-state index < -0.39 is 0 Å². The number of ether oxygens (including phenoxy) is 1. The highest BCUT2D eigenvalue weighted by Gasteiger charge is 2.21. The number of imidazole rings is 1. The van der Waals surface area contributed by atoms with Gasteiger partial charge >= 0.3 is 5.69 Å². The molecule has 3 aromatic rings. The zero-order chi connectivity index (χ0) is 21.1. The topological polar surface area (TPSA) is 101 Å². The molecule has 156 valence electrons. The summed E-state index contributed by atoms with van der Waals surface area (Å²) < 4.78 is 8.70. The van der Waals surface area contributed by atoms with Crippen molar-refractivity contribution in [2.24, 2.45) is 0 Å². The van der Waals surface area contributed by atoms with Gasteiger partial charge in [0.15, 0.2) is 10.8 Å². The first-order valence-electron chi connectivity index (χ1n) is 9.80. The predicted molar refractivity (Wildman–Crippen MR) is 115 cm³/mol. The molecule has 8 nitrogen and oxygen atoms in total. The second-order valence-corrected chi connectivity index (χ2v) is 7.53. The van der Waals surface area contributed by atoms with Crippen LogP contribution in [-0.4, -0.2) is 31.2 Å². The van der Waals surface area contributed by atoms with E-state index in [9.17, 15) is 4.79 Å². The van der Waals surface area contributed by atoms with Crippen LogP contribution in [0.2, 0.25) is 5.15 Å². The van der Waals surface area contributed by atoms with Crippen LogP contribution in [0.1, 0.15) is 49.4 Å². The molecule has 0 saturated carbocycles. The zero-order valence-electron chi connectivity index (χ0n) is 17.3. The van der Waals surface area contributed by atoms with Crippen LogP contribution in [0.25, 0.3) is 11.2 Å². The van der Waals surface area contributed by atoms with Crippen LogP contribution in [0.15, 0.2) is 11.0 Å². The van der Waals surface area contributed by atoms with E-state index in [0.29, 0.717) is 17.7 Å². The van der Waals surface area contributed by atoms with Crippen molar-refractivity contribution in [2.75, 3.05) is 12.8 Å². The number of nitrogens with zero attached hydrogens (tertiary/aromatic N) is 5. The molecule has 3 rings (SSSR count). The number of nitrogens with two attached hydrogens (primary N) is 1. The molecule has 0 aliphatic rings. The maximum absolute atomic E-state index is 13.3. The van der Waals surface area contributed by atoms with Crippen molar-refractivity contribution in [1.29, 1.82) is 0 Å². The minimum atomic E-state index is -0.195. The van der Waals surface area contributed by atoms with Gasteiger partial charge in [0.25, 0.3) is 0 Å². The van der Waals surface area contributed by atoms with Crippen LogP contribution in [-0.2, 0) is 13.1 Å². The third-order valence-corrected chi connectivity index (χ3v) is 5.38. The molecule has 0 bridgehead atoms. The number of anilines is 1. The summed E-state index contributed by atoms with van der Waals surface area (Å²) in [6.07, 6.45) is 5.91. The number of unbranched alkanes of at least 4 members (excludes halogenated alkanes) is 3. The molecule has 0 amide bonds. The van der Waals surface area contributed by atoms with Crippen LogP contribution in [0, 0.1) is 13.8 Å². The Labute approximate surface area is 174 Å². The number of fused-ring (bicyclic) bond motifs is 1. The van der Waals surface area contributed by atoms with E-state index in [4.69, 9.17) is 22.1 Å². The number of pyridine rings is 1. The van der Waals surface area contributed by atoms with E-state index in [2.05, 4.69) is 21.9 Å². The molecule has 0 atom stereocenters. The lowest BCUT2D eigenvalue weighted by molar-refractivity contribution is 0.406. The molecule has 0 aliphatic carbocycles. The Morgan fingerprint density at radius 1 is 1.17 bits per heavy atom. The molecule has 0 radical (unpaired) electrons. The van der Waals surface area contributed by atoms with Crippen LogP contribution in [0.5, 0.6) is 5.75 Å². The Morgan fingerprint density at radius 3 is 2.62 bits per heavy atom. The van der Waals surface area contributed by atoms with Gasteiger partial charge in [-0.1, -0.05) is 37.8 Å². The molecule has 9 heteroatoms. The number of aromatic nitrogens is 5. The fraction of sp³-hybridized carbons (Fsp3) is 0.500. The monoisotopic (exact) mass is 418 g/mol. The predicted octanol–water partition coefficient (Wildman–Crippen LogP) is 3.48. The molecule has 2 N–H and O–H groups in total. The fourth-order valence-corrected chi connectivity index (χ4v) is 3.88. The third kappa shape index (κ3) is 4.07. The summed E-state index contributed by atoms with van der Waals surface area (Å²) in [6.45, 7) is 6.81. The molecule has 0 fully saturated rings. The largest absolute Gasteiger partial charge is 0.496 e. The summed E-state index contributed by atoms with van der Waals surface area (Å²) in [5.41, 5.74) is 9.11. The van der Waals surface area contributed by atoms with Crippen LogP contribution >= 0.6 is 11.6 Å². The zero-order valence-corrected chi connectivity index (χ0v) is 18.1. The first kappa shape index (κ1) is 21.1. The molecule has 0 aliphatic heterocycles. The van der Waals surface area contributed by atoms with Crippen molar-refractivity contribution in [3.05, 3.63) is 38.7 Å². The first-order chi connectivity index (χ1) is 13.9. The Hall–Kier alpha value is -2.61. The van der Waals surface area contributed by atoms with Crippen molar-refractivity contribution < 1.29 is 4.74 Å². The number of halogens is 1. The quantitative estimate of drug-likeness (QED) is 0.444. The van der Waals surface area contributed by atoms with E-state index in [1.165, 1.54) is 0 Å². The number of nitrogen functional groups attached to an aromatic ring is 1. The first-order valence-corrected chi connectivity index (χ1v) is 10.2. The molecule has 0 saturated heterocycles. The van der Waals surface area contributed by atoms with Gasteiger partial charge in [0.05, 0.1) is 19.3 Å². The lowest BCUT2D eigenvalue weighted by Gasteiger charge is -2.12. The maximum atomic E-state index is 13.3. The number of hydrogen-bond acceptors (Lipinski definition) is 6. The summed E-state index contributed by atoms with van der Waals surface area (Å²) >= 11 is 6.36. The molecular weight excluding hydrogens is 392 g/mol. The lowest BCUT2D eigenvalue weighted by Crippen LogP contribution is -2.25. The highest BCUT2D eigenvalue weighted by atomic mass is 35.5. The lowest BCUT2D eigenvalue weighted by atomic mass is 10.1. The summed E-state index contributed by atoms with van der Waals surface area (Å²) in [7, 11) is 1.63. The summed E-state index contributed by atoms with van der Waals surface area (Å²) in [6, 6.07) is 0. The highest BCUT2D eigenvalue weighted by molar-refractivity contribution is 6.33. The van der Waals surface area contributed by atoms with Gasteiger partial charge in [-0.05, 0) is 20.3 Å². The standard InChI is InChI=1S/C20H27ClN6O2/c1-5-6-7-8-9-26-15-17(21)24-19(22)25-18(15)27(20(26)28)11-14-13(3)16(29-4)12(2)10-23-14/h10H,5-9,11H2,1-4H3,(H2,22,24,25). The molecule has 3 heterocycles. The van der Waals surface area contributed by atoms with Crippen molar-refractivity contribution in [1.82, 2.24) is 24.1 Å². The minimum Gasteiger partial charge on any atom is -0.496 e. The Balaban J connectivity index is 2.11. The molecule has 0 unspecified atom stereocenters. The maximum Gasteiger partial charge on any atom is 0.330 e. The fourth-order valence-electron chi connectivity index (χ4n) is 3.61. The van der Waals surface area contributed by atoms with Crippen molar-refractivity contribution in [2.45, 2.75) is 59.5 Å². The van der Waals surface area contributed by atoms with Gasteiger partial charge in [0.2, 0.25) is 5.95 Å². The number of rotatable bonds is 8. The minimum absolute atomic E-state index is 0.0329. The average Bonchev–Trinajstić information content (AvgIpc) is 2.93. The van der Waals surface area contributed by atoms with Gasteiger partial charge in [0.1, 0.15) is 11.3 Å². The van der Waals surface area contributed by atoms with E-state index in [1.54, 1.807) is 22.4 Å². The highest BCUT2D eigenvalue weighted by Crippen LogP contribution is 2.26. The van der Waals surface area contributed by atoms with E-state index >= 15 is 0 Å². The van der Waals surface area contributed by atoms with Crippen molar-refractivity contribution >= 4 is 28.7 Å². The van der Waals surface area contributed by atoms with Gasteiger partial charge in [0, 0.05) is 23.9 Å². The molecule has 0 spiro atoms. The normalized spacial score (nSPS) is 11.3. The van der Waals surface area contributed by atoms with Gasteiger partial charge < -0.3 is 10.5 Å². The van der Waals surface area contributed by atoms with Crippen LogP contribution in [0.4, 0.5) is 5.95 Å². The van der Waals surface area contributed by atoms with Crippen LogP contribution in [0.3, 0.4) is 0 Å². The Bertz CT molecular complexity index is 1090. The van der Waals surface area contributed by atoms with E-state index in [1.807, 2.05) is 13.8 Å². The second-order valence-electron chi connectivity index (χ2n) is 7.17. The Morgan fingerprint density at radius 2 is 1.93 bits per heavy atom. The average molecular weight is 419 g/mol. The van der Waals surface area contributed by atoms with Gasteiger partial charge in [-0.2, -0.15) is 9.97 Å².